The van der Waals surface area contributed by atoms with E-state index < -0.39 is 0 Å². The molecule has 1 aromatic heterocycles. The third-order valence-electron chi connectivity index (χ3n) is 4.15. The van der Waals surface area contributed by atoms with Crippen molar-refractivity contribution in [1.29, 1.82) is 5.26 Å². The Kier molecular flexibility index (Phi) is 5.74. The highest BCUT2D eigenvalue weighted by molar-refractivity contribution is 9.10. The molecule has 1 fully saturated rings. The molecule has 0 bridgehead atoms. The maximum Gasteiger partial charge on any atom is 0.191 e. The maximum absolute atomic E-state index is 8.76. The molecule has 0 spiro atoms. The molecular weight excluding hydrogens is 372 g/mol. The Morgan fingerprint density at radius 2 is 1.91 bits per heavy atom. The van der Waals surface area contributed by atoms with Crippen molar-refractivity contribution in [3.8, 4) is 17.5 Å². The molecule has 0 saturated heterocycles. The fraction of sp³-hybridized carbons (Fsp3) is 0.471. The van der Waals surface area contributed by atoms with Crippen LogP contribution in [0.4, 0.5) is 0 Å². The second-order valence-corrected chi connectivity index (χ2v) is 7.71. The first kappa shape index (κ1) is 16.5. The second-order valence-electron chi connectivity index (χ2n) is 5.73. The van der Waals surface area contributed by atoms with Gasteiger partial charge in [-0.3, -0.25) is 4.57 Å². The van der Waals surface area contributed by atoms with E-state index in [1.807, 2.05) is 12.1 Å². The summed E-state index contributed by atoms with van der Waals surface area (Å²) < 4.78 is 3.37. The summed E-state index contributed by atoms with van der Waals surface area (Å²) in [6.07, 6.45) is 6.77. The third kappa shape index (κ3) is 3.96. The molecule has 0 N–H and O–H groups in total. The normalized spacial score (nSPS) is 15.5. The van der Waals surface area contributed by atoms with Crippen LogP contribution < -0.4 is 0 Å². The van der Waals surface area contributed by atoms with Gasteiger partial charge in [0, 0.05) is 28.3 Å². The Bertz CT molecular complexity index is 684. The van der Waals surface area contributed by atoms with Crippen molar-refractivity contribution in [1.82, 2.24) is 14.8 Å². The Morgan fingerprint density at radius 3 is 2.61 bits per heavy atom. The molecule has 1 aliphatic rings. The molecular formula is C17H19BrN4S. The van der Waals surface area contributed by atoms with Crippen LogP contribution in [-0.4, -0.2) is 20.5 Å². The molecule has 1 aromatic carbocycles. The molecule has 3 rings (SSSR count). The predicted molar refractivity (Wildman–Crippen MR) is 96.2 cm³/mol. The van der Waals surface area contributed by atoms with E-state index in [1.165, 1.54) is 32.1 Å². The summed E-state index contributed by atoms with van der Waals surface area (Å²) >= 11 is 5.12. The van der Waals surface area contributed by atoms with E-state index in [0.29, 0.717) is 12.5 Å². The van der Waals surface area contributed by atoms with Crippen molar-refractivity contribution in [2.45, 2.75) is 49.7 Å². The van der Waals surface area contributed by atoms with Gasteiger partial charge in [-0.2, -0.15) is 5.26 Å². The van der Waals surface area contributed by atoms with Crippen molar-refractivity contribution in [2.75, 3.05) is 5.75 Å². The zero-order valence-electron chi connectivity index (χ0n) is 12.9. The Morgan fingerprint density at radius 1 is 1.17 bits per heavy atom. The molecule has 4 nitrogen and oxygen atoms in total. The molecule has 0 radical (unpaired) electrons. The number of nitriles is 1. The molecule has 1 saturated carbocycles. The van der Waals surface area contributed by atoms with Crippen molar-refractivity contribution >= 4 is 27.7 Å². The van der Waals surface area contributed by atoms with Gasteiger partial charge in [-0.05, 0) is 25.0 Å². The van der Waals surface area contributed by atoms with Crippen molar-refractivity contribution < 1.29 is 0 Å². The molecule has 1 aliphatic carbocycles. The van der Waals surface area contributed by atoms with E-state index in [2.05, 4.69) is 48.9 Å². The summed E-state index contributed by atoms with van der Waals surface area (Å²) in [5.41, 5.74) is 1.10. The van der Waals surface area contributed by atoms with Crippen LogP contribution in [0, 0.1) is 11.3 Å². The van der Waals surface area contributed by atoms with Crippen LogP contribution in [0.2, 0.25) is 0 Å². The van der Waals surface area contributed by atoms with Gasteiger partial charge in [-0.1, -0.05) is 59.1 Å². The molecule has 1 heterocycles. The molecule has 0 atom stereocenters. The number of thioether (sulfide) groups is 1. The quantitative estimate of drug-likeness (QED) is 0.518. The van der Waals surface area contributed by atoms with E-state index >= 15 is 0 Å². The Labute approximate surface area is 149 Å². The lowest BCUT2D eigenvalue weighted by Gasteiger charge is -2.25. The minimum absolute atomic E-state index is 0.474. The summed E-state index contributed by atoms with van der Waals surface area (Å²) in [6.45, 7) is 0. The average Bonchev–Trinajstić information content (AvgIpc) is 3.00. The van der Waals surface area contributed by atoms with Crippen LogP contribution in [0.1, 0.15) is 44.6 Å². The molecule has 0 amide bonds. The van der Waals surface area contributed by atoms with Gasteiger partial charge >= 0.3 is 0 Å². The van der Waals surface area contributed by atoms with Crippen LogP contribution in [0.15, 0.2) is 33.9 Å². The number of benzene rings is 1. The number of hydrogen-bond acceptors (Lipinski definition) is 4. The minimum atomic E-state index is 0.474. The minimum Gasteiger partial charge on any atom is -0.299 e. The molecule has 2 aromatic rings. The van der Waals surface area contributed by atoms with Gasteiger partial charge in [-0.15, -0.1) is 10.2 Å². The van der Waals surface area contributed by atoms with E-state index in [1.54, 1.807) is 11.8 Å². The van der Waals surface area contributed by atoms with Gasteiger partial charge in [-0.25, -0.2) is 0 Å². The van der Waals surface area contributed by atoms with Gasteiger partial charge in [0.05, 0.1) is 6.07 Å². The largest absolute Gasteiger partial charge is 0.299 e. The summed E-state index contributed by atoms with van der Waals surface area (Å²) in [7, 11) is 0. The maximum atomic E-state index is 8.76. The van der Waals surface area contributed by atoms with Crippen molar-refractivity contribution in [2.24, 2.45) is 0 Å². The highest BCUT2D eigenvalue weighted by atomic mass is 79.9. The van der Waals surface area contributed by atoms with Gasteiger partial charge in [0.15, 0.2) is 11.0 Å². The van der Waals surface area contributed by atoms with Crippen LogP contribution in [0.5, 0.6) is 0 Å². The van der Waals surface area contributed by atoms with Gasteiger partial charge in [0.2, 0.25) is 0 Å². The summed E-state index contributed by atoms with van der Waals surface area (Å²) in [5, 5.41) is 18.6. The SMILES string of the molecule is N#CCCSc1nnc(-c2ccc(Br)cc2)n1C1CCCCC1. The zero-order valence-corrected chi connectivity index (χ0v) is 15.3. The standard InChI is InChI=1S/C17H19BrN4S/c18-14-9-7-13(8-10-14)16-20-21-17(23-12-4-11-19)22(16)15-5-2-1-3-6-15/h7-10,15H,1-6,12H2. The molecule has 120 valence electrons. The lowest BCUT2D eigenvalue weighted by Crippen LogP contribution is -2.15. The Hall–Kier alpha value is -1.32. The van der Waals surface area contributed by atoms with Crippen LogP contribution in [-0.2, 0) is 0 Å². The van der Waals surface area contributed by atoms with E-state index in [-0.39, 0.29) is 0 Å². The smallest absolute Gasteiger partial charge is 0.191 e. The zero-order chi connectivity index (χ0) is 16.1. The number of hydrogen-bond donors (Lipinski definition) is 0. The fourth-order valence-electron chi connectivity index (χ4n) is 3.03. The molecule has 0 unspecified atom stereocenters. The molecule has 0 aliphatic heterocycles. The van der Waals surface area contributed by atoms with Gasteiger partial charge in [0.25, 0.3) is 0 Å². The summed E-state index contributed by atoms with van der Waals surface area (Å²) in [4.78, 5) is 0. The lowest BCUT2D eigenvalue weighted by atomic mass is 9.95. The number of aromatic nitrogens is 3. The van der Waals surface area contributed by atoms with Crippen LogP contribution >= 0.6 is 27.7 Å². The summed E-state index contributed by atoms with van der Waals surface area (Å²) in [6, 6.07) is 10.9. The highest BCUT2D eigenvalue weighted by Gasteiger charge is 2.23. The van der Waals surface area contributed by atoms with Crippen LogP contribution in [0.3, 0.4) is 0 Å². The van der Waals surface area contributed by atoms with Crippen molar-refractivity contribution in [3.05, 3.63) is 28.7 Å². The van der Waals surface area contributed by atoms with E-state index in [4.69, 9.17) is 5.26 Å². The van der Waals surface area contributed by atoms with E-state index in [9.17, 15) is 0 Å². The number of rotatable bonds is 5. The average molecular weight is 391 g/mol. The lowest BCUT2D eigenvalue weighted by molar-refractivity contribution is 0.339. The second kappa shape index (κ2) is 7.98. The van der Waals surface area contributed by atoms with Gasteiger partial charge < -0.3 is 0 Å². The van der Waals surface area contributed by atoms with Crippen molar-refractivity contribution in [3.63, 3.8) is 0 Å². The summed E-state index contributed by atoms with van der Waals surface area (Å²) in [5.74, 6) is 1.71. The molecule has 6 heteroatoms. The fourth-order valence-corrected chi connectivity index (χ4v) is 4.14. The predicted octanol–water partition coefficient (Wildman–Crippen LogP) is 5.22. The monoisotopic (exact) mass is 390 g/mol. The van der Waals surface area contributed by atoms with E-state index in [0.717, 1.165) is 26.8 Å². The first-order valence-corrected chi connectivity index (χ1v) is 9.78. The first-order valence-electron chi connectivity index (χ1n) is 8.00. The first-order chi connectivity index (χ1) is 11.3. The van der Waals surface area contributed by atoms with Gasteiger partial charge in [0.1, 0.15) is 0 Å². The highest BCUT2D eigenvalue weighted by Crippen LogP contribution is 2.35. The Balaban J connectivity index is 1.94. The molecule has 23 heavy (non-hydrogen) atoms. The third-order valence-corrected chi connectivity index (χ3v) is 5.63. The van der Waals surface area contributed by atoms with Crippen LogP contribution in [0.25, 0.3) is 11.4 Å². The number of halogens is 1. The topological polar surface area (TPSA) is 54.5 Å². The number of nitrogens with zero attached hydrogens (tertiary/aromatic N) is 4.